The minimum absolute atomic E-state index is 0.317. The van der Waals surface area contributed by atoms with Gasteiger partial charge < -0.3 is 5.11 Å². The van der Waals surface area contributed by atoms with E-state index in [2.05, 4.69) is 26.2 Å². The number of halogens is 1. The van der Waals surface area contributed by atoms with Gasteiger partial charge in [-0.25, -0.2) is 9.78 Å². The number of amides is 1. The lowest BCUT2D eigenvalue weighted by Crippen LogP contribution is -2.08. The van der Waals surface area contributed by atoms with E-state index in [0.29, 0.717) is 5.82 Å². The van der Waals surface area contributed by atoms with E-state index in [1.807, 2.05) is 16.8 Å². The van der Waals surface area contributed by atoms with Gasteiger partial charge in [-0.05, 0) is 44.4 Å². The third-order valence-corrected chi connectivity index (χ3v) is 3.24. The third kappa shape index (κ3) is 2.40. The van der Waals surface area contributed by atoms with Crippen LogP contribution in [0.1, 0.15) is 0 Å². The maximum Gasteiger partial charge on any atom is 0.410 e. The number of nitrogens with one attached hydrogen (secondary N) is 1. The molecule has 0 atom stereocenters. The van der Waals surface area contributed by atoms with Crippen LogP contribution in [-0.2, 0) is 0 Å². The van der Waals surface area contributed by atoms with Gasteiger partial charge >= 0.3 is 6.09 Å². The lowest BCUT2D eigenvalue weighted by Gasteiger charge is -2.05. The maximum atomic E-state index is 10.5. The van der Waals surface area contributed by atoms with Crippen molar-refractivity contribution in [2.75, 3.05) is 5.32 Å². The van der Waals surface area contributed by atoms with Gasteiger partial charge in [0.1, 0.15) is 5.82 Å². The quantitative estimate of drug-likeness (QED) is 0.889. The average Bonchev–Trinajstić information content (AvgIpc) is 2.73. The molecule has 0 spiro atoms. The molecule has 1 amide bonds. The number of carboxylic acid groups (broad SMARTS) is 1. The smallest absolute Gasteiger partial charge is 0.410 e. The zero-order valence-electron chi connectivity index (χ0n) is 7.98. The number of hydrogen-bond acceptors (Lipinski definition) is 3. The lowest BCUT2D eigenvalue weighted by atomic mass is 10.1. The van der Waals surface area contributed by atoms with Crippen LogP contribution in [0.2, 0.25) is 0 Å². The number of hydrogen-bond donors (Lipinski definition) is 2. The van der Waals surface area contributed by atoms with Crippen molar-refractivity contribution in [2.45, 2.75) is 0 Å². The van der Waals surface area contributed by atoms with E-state index in [9.17, 15) is 4.79 Å². The first-order valence-electron chi connectivity index (χ1n) is 4.35. The Labute approximate surface area is 104 Å². The summed E-state index contributed by atoms with van der Waals surface area (Å²) in [5.41, 5.74) is 1.95. The molecule has 2 aromatic rings. The summed E-state index contributed by atoms with van der Waals surface area (Å²) < 4.78 is 0.835. The molecule has 0 saturated heterocycles. The Balaban J connectivity index is 2.41. The predicted octanol–water partition coefficient (Wildman–Crippen LogP) is 3.66. The van der Waals surface area contributed by atoms with E-state index in [-0.39, 0.29) is 0 Å². The summed E-state index contributed by atoms with van der Waals surface area (Å²) in [6.07, 6.45) is 0.462. The largest absolute Gasteiger partial charge is 0.465 e. The fraction of sp³-hybridized carbons (Fsp3) is 0. The molecule has 0 aliphatic rings. The normalized spacial score (nSPS) is 10.1. The third-order valence-electron chi connectivity index (χ3n) is 1.92. The Bertz CT molecular complexity index is 514. The molecule has 2 N–H and O–H groups in total. The van der Waals surface area contributed by atoms with E-state index < -0.39 is 6.09 Å². The second-order valence-corrected chi connectivity index (χ2v) is 4.63. The molecular formula is C10H7BrN2O2S. The summed E-state index contributed by atoms with van der Waals surface area (Å²) in [7, 11) is 0. The van der Waals surface area contributed by atoms with Gasteiger partial charge in [-0.3, -0.25) is 5.32 Å². The Morgan fingerprint density at radius 1 is 1.56 bits per heavy atom. The van der Waals surface area contributed by atoms with Crippen molar-refractivity contribution in [2.24, 2.45) is 0 Å². The molecule has 4 nitrogen and oxygen atoms in total. The zero-order valence-corrected chi connectivity index (χ0v) is 10.4. The number of anilines is 1. The maximum absolute atomic E-state index is 10.5. The molecule has 2 aromatic heterocycles. The number of nitrogens with zero attached hydrogens (tertiary/aromatic N) is 1. The summed E-state index contributed by atoms with van der Waals surface area (Å²) in [4.78, 5) is 14.4. The fourth-order valence-electron chi connectivity index (χ4n) is 1.26. The highest BCUT2D eigenvalue weighted by Gasteiger charge is 2.07. The van der Waals surface area contributed by atoms with Crippen molar-refractivity contribution in [1.82, 2.24) is 4.98 Å². The van der Waals surface area contributed by atoms with Crippen LogP contribution >= 0.6 is 27.3 Å². The summed E-state index contributed by atoms with van der Waals surface area (Å²) >= 11 is 4.97. The van der Waals surface area contributed by atoms with Gasteiger partial charge in [0.05, 0.1) is 0 Å². The first-order valence-corrected chi connectivity index (χ1v) is 6.08. The highest BCUT2D eigenvalue weighted by Crippen LogP contribution is 2.30. The Hall–Kier alpha value is -1.40. The van der Waals surface area contributed by atoms with Gasteiger partial charge in [-0.2, -0.15) is 11.3 Å². The molecule has 0 aliphatic carbocycles. The lowest BCUT2D eigenvalue weighted by molar-refractivity contribution is 0.209. The van der Waals surface area contributed by atoms with Crippen LogP contribution in [0.3, 0.4) is 0 Å². The van der Waals surface area contributed by atoms with Crippen LogP contribution in [-0.4, -0.2) is 16.2 Å². The molecule has 16 heavy (non-hydrogen) atoms. The van der Waals surface area contributed by atoms with Gasteiger partial charge in [0, 0.05) is 16.2 Å². The fourth-order valence-corrected chi connectivity index (χ4v) is 2.36. The first kappa shape index (κ1) is 11.1. The number of carbonyl (C=O) groups is 1. The first-order chi connectivity index (χ1) is 7.66. The van der Waals surface area contributed by atoms with E-state index in [4.69, 9.17) is 5.11 Å². The minimum atomic E-state index is -1.12. The molecule has 82 valence electrons. The second kappa shape index (κ2) is 4.63. The molecule has 0 unspecified atom stereocenters. The van der Waals surface area contributed by atoms with E-state index in [0.717, 1.165) is 15.6 Å². The number of rotatable bonds is 2. The van der Waals surface area contributed by atoms with Crippen molar-refractivity contribution in [3.63, 3.8) is 0 Å². The molecule has 0 aliphatic heterocycles. The van der Waals surface area contributed by atoms with Crippen molar-refractivity contribution in [1.29, 1.82) is 0 Å². The van der Waals surface area contributed by atoms with E-state index in [1.165, 1.54) is 0 Å². The van der Waals surface area contributed by atoms with E-state index in [1.54, 1.807) is 23.6 Å². The van der Waals surface area contributed by atoms with Crippen LogP contribution in [0.5, 0.6) is 0 Å². The zero-order chi connectivity index (χ0) is 11.5. The van der Waals surface area contributed by atoms with Crippen LogP contribution < -0.4 is 5.32 Å². The van der Waals surface area contributed by atoms with Crippen molar-refractivity contribution < 1.29 is 9.90 Å². The van der Waals surface area contributed by atoms with Gasteiger partial charge in [0.25, 0.3) is 0 Å². The SMILES string of the molecule is O=C(O)Nc1cc(-c2ccsc2)c(Br)cn1. The molecule has 0 saturated carbocycles. The molecule has 0 fully saturated rings. The molecule has 0 bridgehead atoms. The van der Waals surface area contributed by atoms with Crippen LogP contribution in [0.25, 0.3) is 11.1 Å². The number of aromatic nitrogens is 1. The van der Waals surface area contributed by atoms with Crippen LogP contribution in [0.15, 0.2) is 33.6 Å². The summed E-state index contributed by atoms with van der Waals surface area (Å²) in [6, 6.07) is 3.66. The second-order valence-electron chi connectivity index (χ2n) is 2.99. The standard InChI is InChI=1S/C10H7BrN2O2S/c11-8-4-12-9(13-10(14)15)3-7(8)6-1-2-16-5-6/h1-5H,(H,12,13)(H,14,15). The molecule has 0 radical (unpaired) electrons. The molecular weight excluding hydrogens is 292 g/mol. The highest BCUT2D eigenvalue weighted by atomic mass is 79.9. The summed E-state index contributed by atoms with van der Waals surface area (Å²) in [5.74, 6) is 0.317. The van der Waals surface area contributed by atoms with Crippen molar-refractivity contribution in [3.8, 4) is 11.1 Å². The Kier molecular flexibility index (Phi) is 3.21. The van der Waals surface area contributed by atoms with Gasteiger partial charge in [-0.1, -0.05) is 0 Å². The topological polar surface area (TPSA) is 62.2 Å². The minimum Gasteiger partial charge on any atom is -0.465 e. The number of pyridine rings is 1. The Morgan fingerprint density at radius 2 is 2.38 bits per heavy atom. The number of thiophene rings is 1. The summed E-state index contributed by atoms with van der Waals surface area (Å²) in [5, 5.41) is 14.8. The summed E-state index contributed by atoms with van der Waals surface area (Å²) in [6.45, 7) is 0. The Morgan fingerprint density at radius 3 is 3.00 bits per heavy atom. The van der Waals surface area contributed by atoms with Gasteiger partial charge in [-0.15, -0.1) is 0 Å². The predicted molar refractivity (Wildman–Crippen MR) is 66.9 cm³/mol. The van der Waals surface area contributed by atoms with E-state index >= 15 is 0 Å². The van der Waals surface area contributed by atoms with Crippen molar-refractivity contribution >= 4 is 39.2 Å². The highest BCUT2D eigenvalue weighted by molar-refractivity contribution is 9.10. The van der Waals surface area contributed by atoms with Crippen molar-refractivity contribution in [3.05, 3.63) is 33.6 Å². The van der Waals surface area contributed by atoms with Gasteiger partial charge in [0.2, 0.25) is 0 Å². The van der Waals surface area contributed by atoms with Crippen LogP contribution in [0.4, 0.5) is 10.6 Å². The molecule has 2 heterocycles. The molecule has 0 aromatic carbocycles. The molecule has 2 rings (SSSR count). The average molecular weight is 299 g/mol. The monoisotopic (exact) mass is 298 g/mol. The van der Waals surface area contributed by atoms with Gasteiger partial charge in [0.15, 0.2) is 0 Å². The van der Waals surface area contributed by atoms with Crippen LogP contribution in [0, 0.1) is 0 Å². The molecule has 6 heteroatoms.